The van der Waals surface area contributed by atoms with Crippen molar-refractivity contribution in [3.8, 4) is 11.5 Å². The summed E-state index contributed by atoms with van der Waals surface area (Å²) in [4.78, 5) is 30.8. The van der Waals surface area contributed by atoms with E-state index in [1.54, 1.807) is 13.1 Å². The normalized spacial score (nSPS) is 17.5. The first-order valence-corrected chi connectivity index (χ1v) is 7.79. The molecule has 0 aliphatic carbocycles. The van der Waals surface area contributed by atoms with Crippen LogP contribution in [-0.2, 0) is 4.79 Å². The Hall–Kier alpha value is -2.50. The van der Waals surface area contributed by atoms with Crippen LogP contribution in [0.5, 0.6) is 0 Å². The Kier molecular flexibility index (Phi) is 3.98. The fourth-order valence-corrected chi connectivity index (χ4v) is 2.99. The second-order valence-electron chi connectivity index (χ2n) is 6.08. The SMILES string of the molecule is C=C(C)C(=O)N1CCCC1c1cc(-c2ncc(C)[nH]2)nc(C)n1. The zero-order chi connectivity index (χ0) is 16.6. The molecule has 3 heterocycles. The number of imidazole rings is 1. The molecular formula is C17H21N5O. The quantitative estimate of drug-likeness (QED) is 0.884. The predicted molar refractivity (Wildman–Crippen MR) is 87.6 cm³/mol. The monoisotopic (exact) mass is 311 g/mol. The number of carbonyl (C=O) groups is 1. The molecule has 0 saturated carbocycles. The molecule has 0 radical (unpaired) electrons. The molecule has 1 aliphatic rings. The van der Waals surface area contributed by atoms with Crippen LogP contribution in [0.25, 0.3) is 11.5 Å². The molecule has 1 unspecified atom stereocenters. The summed E-state index contributed by atoms with van der Waals surface area (Å²) in [6.07, 6.45) is 3.66. The van der Waals surface area contributed by atoms with Crippen molar-refractivity contribution in [3.63, 3.8) is 0 Å². The minimum atomic E-state index is -0.0179. The summed E-state index contributed by atoms with van der Waals surface area (Å²) in [7, 11) is 0. The Morgan fingerprint density at radius 2 is 2.17 bits per heavy atom. The van der Waals surface area contributed by atoms with E-state index < -0.39 is 0 Å². The molecule has 1 atom stereocenters. The smallest absolute Gasteiger partial charge is 0.249 e. The lowest BCUT2D eigenvalue weighted by molar-refractivity contribution is -0.128. The Bertz CT molecular complexity index is 764. The molecule has 23 heavy (non-hydrogen) atoms. The van der Waals surface area contributed by atoms with Crippen molar-refractivity contribution in [1.82, 2.24) is 24.8 Å². The van der Waals surface area contributed by atoms with E-state index in [1.807, 2.05) is 24.8 Å². The van der Waals surface area contributed by atoms with E-state index in [4.69, 9.17) is 0 Å². The van der Waals surface area contributed by atoms with Gasteiger partial charge in [-0.2, -0.15) is 0 Å². The van der Waals surface area contributed by atoms with Gasteiger partial charge in [0.15, 0.2) is 5.82 Å². The van der Waals surface area contributed by atoms with Crippen molar-refractivity contribution in [2.75, 3.05) is 6.54 Å². The lowest BCUT2D eigenvalue weighted by Crippen LogP contribution is -2.31. The lowest BCUT2D eigenvalue weighted by Gasteiger charge is -2.24. The van der Waals surface area contributed by atoms with Crippen LogP contribution in [0.3, 0.4) is 0 Å². The highest BCUT2D eigenvalue weighted by Gasteiger charge is 2.31. The van der Waals surface area contributed by atoms with Gasteiger partial charge in [-0.3, -0.25) is 4.79 Å². The van der Waals surface area contributed by atoms with Crippen LogP contribution in [0.15, 0.2) is 24.4 Å². The molecule has 1 aliphatic heterocycles. The number of rotatable bonds is 3. The Morgan fingerprint density at radius 3 is 2.83 bits per heavy atom. The predicted octanol–water partition coefficient (Wildman–Crippen LogP) is 2.72. The largest absolute Gasteiger partial charge is 0.341 e. The van der Waals surface area contributed by atoms with Gasteiger partial charge in [-0.1, -0.05) is 6.58 Å². The highest BCUT2D eigenvalue weighted by atomic mass is 16.2. The second-order valence-corrected chi connectivity index (χ2v) is 6.08. The van der Waals surface area contributed by atoms with Crippen LogP contribution >= 0.6 is 0 Å². The average Bonchev–Trinajstić information content (AvgIpc) is 3.14. The molecule has 120 valence electrons. The van der Waals surface area contributed by atoms with Crippen LogP contribution in [0.1, 0.15) is 43.0 Å². The fourth-order valence-electron chi connectivity index (χ4n) is 2.99. The number of H-pyrrole nitrogens is 1. The van der Waals surface area contributed by atoms with Gasteiger partial charge in [0, 0.05) is 24.0 Å². The molecule has 1 amide bonds. The summed E-state index contributed by atoms with van der Waals surface area (Å²) in [6.45, 7) is 10.1. The summed E-state index contributed by atoms with van der Waals surface area (Å²) in [5.41, 5.74) is 3.17. The van der Waals surface area contributed by atoms with Crippen molar-refractivity contribution < 1.29 is 4.79 Å². The Morgan fingerprint density at radius 1 is 1.39 bits per heavy atom. The topological polar surface area (TPSA) is 74.8 Å². The maximum absolute atomic E-state index is 12.3. The standard InChI is InChI=1S/C17H21N5O/c1-10(2)17(23)22-7-5-6-15(22)13-8-14(21-12(4)20-13)16-18-9-11(3)19-16/h8-9,15H,1,5-7H2,2-4H3,(H,18,19). The van der Waals surface area contributed by atoms with E-state index in [0.717, 1.165) is 42.3 Å². The molecule has 2 aromatic rings. The van der Waals surface area contributed by atoms with Crippen LogP contribution in [0.2, 0.25) is 0 Å². The number of hydrogen-bond acceptors (Lipinski definition) is 4. The first kappa shape index (κ1) is 15.4. The minimum Gasteiger partial charge on any atom is -0.341 e. The summed E-state index contributed by atoms with van der Waals surface area (Å²) in [6, 6.07) is 1.91. The molecule has 0 spiro atoms. The Balaban J connectivity index is 1.98. The Labute approximate surface area is 135 Å². The van der Waals surface area contributed by atoms with Crippen LogP contribution in [-0.4, -0.2) is 37.3 Å². The molecule has 6 nitrogen and oxygen atoms in total. The molecule has 2 aromatic heterocycles. The third-order valence-corrected chi connectivity index (χ3v) is 4.02. The molecule has 1 fully saturated rings. The van der Waals surface area contributed by atoms with Gasteiger partial charge in [-0.15, -0.1) is 0 Å². The van der Waals surface area contributed by atoms with E-state index in [0.29, 0.717) is 11.4 Å². The first-order chi connectivity index (χ1) is 11.0. The lowest BCUT2D eigenvalue weighted by atomic mass is 10.1. The molecule has 6 heteroatoms. The van der Waals surface area contributed by atoms with Gasteiger partial charge in [0.05, 0.1) is 11.7 Å². The van der Waals surface area contributed by atoms with Gasteiger partial charge in [-0.25, -0.2) is 15.0 Å². The van der Waals surface area contributed by atoms with Crippen molar-refractivity contribution in [2.45, 2.75) is 39.7 Å². The number of likely N-dealkylation sites (tertiary alicyclic amines) is 1. The van der Waals surface area contributed by atoms with Crippen molar-refractivity contribution in [1.29, 1.82) is 0 Å². The number of amides is 1. The first-order valence-electron chi connectivity index (χ1n) is 7.79. The maximum Gasteiger partial charge on any atom is 0.249 e. The zero-order valence-electron chi connectivity index (χ0n) is 13.8. The second kappa shape index (κ2) is 5.95. The summed E-state index contributed by atoms with van der Waals surface area (Å²) < 4.78 is 0. The van der Waals surface area contributed by atoms with Crippen molar-refractivity contribution in [2.24, 2.45) is 0 Å². The third-order valence-electron chi connectivity index (χ3n) is 4.02. The number of aromatic amines is 1. The highest BCUT2D eigenvalue weighted by molar-refractivity contribution is 5.92. The van der Waals surface area contributed by atoms with E-state index in [9.17, 15) is 4.79 Å². The van der Waals surface area contributed by atoms with E-state index in [2.05, 4.69) is 26.5 Å². The minimum absolute atomic E-state index is 0.000779. The van der Waals surface area contributed by atoms with Crippen LogP contribution in [0.4, 0.5) is 0 Å². The van der Waals surface area contributed by atoms with Crippen LogP contribution in [0, 0.1) is 13.8 Å². The number of carbonyl (C=O) groups excluding carboxylic acids is 1. The maximum atomic E-state index is 12.3. The average molecular weight is 311 g/mol. The molecule has 0 bridgehead atoms. The molecule has 3 rings (SSSR count). The molecule has 1 saturated heterocycles. The molecule has 1 N–H and O–H groups in total. The van der Waals surface area contributed by atoms with Crippen molar-refractivity contribution in [3.05, 3.63) is 41.6 Å². The zero-order valence-corrected chi connectivity index (χ0v) is 13.8. The van der Waals surface area contributed by atoms with Gasteiger partial charge in [-0.05, 0) is 39.7 Å². The fraction of sp³-hybridized carbons (Fsp3) is 0.412. The van der Waals surface area contributed by atoms with Gasteiger partial charge in [0.1, 0.15) is 11.5 Å². The highest BCUT2D eigenvalue weighted by Crippen LogP contribution is 2.33. The molecule has 0 aromatic carbocycles. The summed E-state index contributed by atoms with van der Waals surface area (Å²) in [5, 5.41) is 0. The van der Waals surface area contributed by atoms with Gasteiger partial charge in [0.25, 0.3) is 0 Å². The number of hydrogen-bond donors (Lipinski definition) is 1. The third kappa shape index (κ3) is 3.02. The number of nitrogens with one attached hydrogen (secondary N) is 1. The van der Waals surface area contributed by atoms with Gasteiger partial charge in [0.2, 0.25) is 5.91 Å². The van der Waals surface area contributed by atoms with Gasteiger partial charge >= 0.3 is 0 Å². The van der Waals surface area contributed by atoms with E-state index >= 15 is 0 Å². The summed E-state index contributed by atoms with van der Waals surface area (Å²) >= 11 is 0. The van der Waals surface area contributed by atoms with E-state index in [-0.39, 0.29) is 11.9 Å². The molecular weight excluding hydrogens is 290 g/mol. The number of nitrogens with zero attached hydrogens (tertiary/aromatic N) is 4. The number of aryl methyl sites for hydroxylation is 2. The summed E-state index contributed by atoms with van der Waals surface area (Å²) in [5.74, 6) is 1.41. The van der Waals surface area contributed by atoms with Crippen LogP contribution < -0.4 is 0 Å². The van der Waals surface area contributed by atoms with Crippen molar-refractivity contribution >= 4 is 5.91 Å². The van der Waals surface area contributed by atoms with E-state index in [1.165, 1.54) is 0 Å². The number of aromatic nitrogens is 4. The van der Waals surface area contributed by atoms with Gasteiger partial charge < -0.3 is 9.88 Å².